The number of carbonyl (C=O) groups excluding carboxylic acids is 1. The van der Waals surface area contributed by atoms with Gasteiger partial charge in [0, 0.05) is 5.69 Å². The van der Waals surface area contributed by atoms with Crippen LogP contribution in [0.1, 0.15) is 37.2 Å². The molecule has 1 aromatic heterocycles. The van der Waals surface area contributed by atoms with Crippen LogP contribution >= 0.6 is 0 Å². The molecular formula is C11H16N2O2. The van der Waals surface area contributed by atoms with Crippen LogP contribution < -0.4 is 0 Å². The average molecular weight is 208 g/mol. The van der Waals surface area contributed by atoms with Gasteiger partial charge in [0.2, 0.25) is 0 Å². The lowest BCUT2D eigenvalue weighted by Crippen LogP contribution is -2.26. The molecule has 0 fully saturated rings. The van der Waals surface area contributed by atoms with Crippen molar-refractivity contribution in [3.05, 3.63) is 17.7 Å². The van der Waals surface area contributed by atoms with Gasteiger partial charge in [0.05, 0.1) is 18.6 Å². The Morgan fingerprint density at radius 1 is 1.73 bits per heavy atom. The van der Waals surface area contributed by atoms with Crippen LogP contribution in [0, 0.1) is 6.92 Å². The number of nitrogens with zero attached hydrogens (tertiary/aromatic N) is 2. The highest BCUT2D eigenvalue weighted by atomic mass is 16.5. The number of rotatable bonds is 2. The van der Waals surface area contributed by atoms with Crippen LogP contribution in [0.15, 0.2) is 6.33 Å². The molecule has 4 nitrogen and oxygen atoms in total. The fraction of sp³-hybridized carbons (Fsp3) is 0.636. The number of fused-ring (bicyclic) bond motifs is 1. The van der Waals surface area contributed by atoms with E-state index in [1.165, 1.54) is 5.69 Å². The Kier molecular flexibility index (Phi) is 2.75. The standard InChI is InChI=1S/C11H16N2O2/c1-3-15-11(14)10-6-4-5-9-8(2)12-7-13(9)10/h7,10H,3-6H2,1-2H3. The van der Waals surface area contributed by atoms with E-state index in [-0.39, 0.29) is 12.0 Å². The van der Waals surface area contributed by atoms with E-state index in [9.17, 15) is 4.79 Å². The molecule has 1 aromatic rings. The summed E-state index contributed by atoms with van der Waals surface area (Å²) in [6, 6.07) is -0.158. The summed E-state index contributed by atoms with van der Waals surface area (Å²) < 4.78 is 7.03. The lowest BCUT2D eigenvalue weighted by molar-refractivity contribution is -0.147. The number of carbonyl (C=O) groups is 1. The maximum atomic E-state index is 11.7. The molecule has 2 rings (SSSR count). The molecule has 1 unspecified atom stereocenters. The number of esters is 1. The van der Waals surface area contributed by atoms with Gasteiger partial charge in [-0.05, 0) is 33.1 Å². The van der Waals surface area contributed by atoms with E-state index < -0.39 is 0 Å². The van der Waals surface area contributed by atoms with Crippen molar-refractivity contribution in [2.75, 3.05) is 6.61 Å². The predicted molar refractivity (Wildman–Crippen MR) is 55.6 cm³/mol. The predicted octanol–water partition coefficient (Wildman–Crippen LogP) is 1.63. The van der Waals surface area contributed by atoms with E-state index >= 15 is 0 Å². The van der Waals surface area contributed by atoms with Gasteiger partial charge in [-0.2, -0.15) is 0 Å². The van der Waals surface area contributed by atoms with Crippen molar-refractivity contribution in [3.8, 4) is 0 Å². The first-order chi connectivity index (χ1) is 7.24. The minimum absolute atomic E-state index is 0.129. The van der Waals surface area contributed by atoms with Gasteiger partial charge in [0.1, 0.15) is 6.04 Å². The monoisotopic (exact) mass is 208 g/mol. The first-order valence-electron chi connectivity index (χ1n) is 5.43. The van der Waals surface area contributed by atoms with E-state index in [2.05, 4.69) is 4.98 Å². The Labute approximate surface area is 89.3 Å². The van der Waals surface area contributed by atoms with Gasteiger partial charge in [-0.3, -0.25) is 0 Å². The van der Waals surface area contributed by atoms with Crippen molar-refractivity contribution in [1.29, 1.82) is 0 Å². The summed E-state index contributed by atoms with van der Waals surface area (Å²) in [5, 5.41) is 0. The molecule has 82 valence electrons. The van der Waals surface area contributed by atoms with Gasteiger partial charge in [-0.25, -0.2) is 9.78 Å². The number of imidazole rings is 1. The number of aromatic nitrogens is 2. The first kappa shape index (κ1) is 10.2. The second-order valence-corrected chi connectivity index (χ2v) is 3.84. The quantitative estimate of drug-likeness (QED) is 0.694. The van der Waals surface area contributed by atoms with Gasteiger partial charge in [0.25, 0.3) is 0 Å². The molecule has 0 amide bonds. The molecule has 0 saturated heterocycles. The second-order valence-electron chi connectivity index (χ2n) is 3.84. The molecule has 0 spiro atoms. The molecule has 4 heteroatoms. The normalized spacial score (nSPS) is 19.7. The van der Waals surface area contributed by atoms with Gasteiger partial charge < -0.3 is 9.30 Å². The molecule has 1 atom stereocenters. The van der Waals surface area contributed by atoms with Gasteiger partial charge in [0.15, 0.2) is 0 Å². The number of hydrogen-bond donors (Lipinski definition) is 0. The zero-order valence-electron chi connectivity index (χ0n) is 9.19. The molecular weight excluding hydrogens is 192 g/mol. The van der Waals surface area contributed by atoms with Crippen molar-refractivity contribution in [3.63, 3.8) is 0 Å². The van der Waals surface area contributed by atoms with Crippen molar-refractivity contribution in [2.45, 2.75) is 39.2 Å². The highest BCUT2D eigenvalue weighted by Crippen LogP contribution is 2.27. The molecule has 1 aliphatic rings. The van der Waals surface area contributed by atoms with Crippen LogP contribution in [-0.4, -0.2) is 22.1 Å². The summed E-state index contributed by atoms with van der Waals surface area (Å²) in [6.45, 7) is 4.26. The zero-order valence-corrected chi connectivity index (χ0v) is 9.19. The van der Waals surface area contributed by atoms with E-state index in [0.29, 0.717) is 6.61 Å². The summed E-state index contributed by atoms with van der Waals surface area (Å²) in [5.41, 5.74) is 2.21. The Balaban J connectivity index is 2.26. The third kappa shape index (κ3) is 1.76. The maximum Gasteiger partial charge on any atom is 0.329 e. The lowest BCUT2D eigenvalue weighted by atomic mass is 10.0. The molecule has 0 saturated carbocycles. The smallest absolute Gasteiger partial charge is 0.329 e. The molecule has 2 heterocycles. The van der Waals surface area contributed by atoms with Crippen molar-refractivity contribution in [2.24, 2.45) is 0 Å². The van der Waals surface area contributed by atoms with Crippen LogP contribution in [0.4, 0.5) is 0 Å². The fourth-order valence-electron chi connectivity index (χ4n) is 2.13. The minimum Gasteiger partial charge on any atom is -0.464 e. The van der Waals surface area contributed by atoms with Crippen molar-refractivity contribution in [1.82, 2.24) is 9.55 Å². The third-order valence-corrected chi connectivity index (χ3v) is 2.89. The van der Waals surface area contributed by atoms with Crippen LogP contribution in [0.25, 0.3) is 0 Å². The molecule has 15 heavy (non-hydrogen) atoms. The Bertz CT molecular complexity index is 371. The molecule has 0 radical (unpaired) electrons. The largest absolute Gasteiger partial charge is 0.464 e. The molecule has 0 aliphatic carbocycles. The van der Waals surface area contributed by atoms with Gasteiger partial charge >= 0.3 is 5.97 Å². The average Bonchev–Trinajstić information content (AvgIpc) is 2.61. The minimum atomic E-state index is -0.158. The van der Waals surface area contributed by atoms with Crippen LogP contribution in [0.5, 0.6) is 0 Å². The van der Waals surface area contributed by atoms with Gasteiger partial charge in [-0.15, -0.1) is 0 Å². The summed E-state index contributed by atoms with van der Waals surface area (Å²) >= 11 is 0. The number of hydrogen-bond acceptors (Lipinski definition) is 3. The first-order valence-corrected chi connectivity index (χ1v) is 5.43. The van der Waals surface area contributed by atoms with Crippen LogP contribution in [-0.2, 0) is 16.0 Å². The highest BCUT2D eigenvalue weighted by Gasteiger charge is 2.27. The Morgan fingerprint density at radius 2 is 2.53 bits per heavy atom. The zero-order chi connectivity index (χ0) is 10.8. The molecule has 0 bridgehead atoms. The summed E-state index contributed by atoms with van der Waals surface area (Å²) in [5.74, 6) is -0.129. The third-order valence-electron chi connectivity index (χ3n) is 2.89. The SMILES string of the molecule is CCOC(=O)C1CCCc2c(C)ncn21. The van der Waals surface area contributed by atoms with Crippen LogP contribution in [0.3, 0.4) is 0 Å². The maximum absolute atomic E-state index is 11.7. The number of ether oxygens (including phenoxy) is 1. The molecule has 0 N–H and O–H groups in total. The van der Waals surface area contributed by atoms with Crippen molar-refractivity contribution >= 4 is 5.97 Å². The summed E-state index contributed by atoms with van der Waals surface area (Å²) in [7, 11) is 0. The Morgan fingerprint density at radius 3 is 3.27 bits per heavy atom. The molecule has 0 aromatic carbocycles. The van der Waals surface area contributed by atoms with E-state index in [1.54, 1.807) is 6.33 Å². The fourth-order valence-corrected chi connectivity index (χ4v) is 2.13. The van der Waals surface area contributed by atoms with Gasteiger partial charge in [-0.1, -0.05) is 0 Å². The van der Waals surface area contributed by atoms with E-state index in [4.69, 9.17) is 4.74 Å². The lowest BCUT2D eigenvalue weighted by Gasteiger charge is -2.23. The number of aryl methyl sites for hydroxylation is 1. The second kappa shape index (κ2) is 4.04. The summed E-state index contributed by atoms with van der Waals surface area (Å²) in [4.78, 5) is 15.9. The Hall–Kier alpha value is -1.32. The highest BCUT2D eigenvalue weighted by molar-refractivity contribution is 5.74. The van der Waals surface area contributed by atoms with E-state index in [0.717, 1.165) is 25.0 Å². The van der Waals surface area contributed by atoms with E-state index in [1.807, 2.05) is 18.4 Å². The van der Waals surface area contributed by atoms with Crippen LogP contribution in [0.2, 0.25) is 0 Å². The summed E-state index contributed by atoms with van der Waals surface area (Å²) in [6.07, 6.45) is 4.67. The van der Waals surface area contributed by atoms with Crippen molar-refractivity contribution < 1.29 is 9.53 Å². The molecule has 1 aliphatic heterocycles. The topological polar surface area (TPSA) is 44.1 Å².